The summed E-state index contributed by atoms with van der Waals surface area (Å²) >= 11 is 0. The summed E-state index contributed by atoms with van der Waals surface area (Å²) in [7, 11) is 0. The van der Waals surface area contributed by atoms with Crippen molar-refractivity contribution in [2.24, 2.45) is 5.92 Å². The van der Waals surface area contributed by atoms with Crippen LogP contribution in [0.4, 0.5) is 0 Å². The van der Waals surface area contributed by atoms with Crippen LogP contribution < -0.4 is 0 Å². The number of aliphatic hydroxyl groups excluding tert-OH is 1. The van der Waals surface area contributed by atoms with Crippen molar-refractivity contribution < 1.29 is 19.8 Å². The highest BCUT2D eigenvalue weighted by atomic mass is 16.4. The van der Waals surface area contributed by atoms with Crippen LogP contribution in [-0.2, 0) is 9.59 Å². The molecule has 84 valence electrons. The maximum absolute atomic E-state index is 11.5. The molecule has 2 atom stereocenters. The van der Waals surface area contributed by atoms with Gasteiger partial charge in [-0.25, -0.2) is 4.79 Å². The molecule has 1 saturated heterocycles. The highest BCUT2D eigenvalue weighted by Gasteiger charge is 2.36. The van der Waals surface area contributed by atoms with Gasteiger partial charge >= 0.3 is 5.97 Å². The third-order valence-corrected chi connectivity index (χ3v) is 2.59. The van der Waals surface area contributed by atoms with Crippen LogP contribution in [0, 0.1) is 5.92 Å². The number of carboxylic acid groups (broad SMARTS) is 1. The minimum absolute atomic E-state index is 0.0260. The number of carbonyl (C=O) groups is 2. The second-order valence-electron chi connectivity index (χ2n) is 3.61. The Morgan fingerprint density at radius 2 is 2.40 bits per heavy atom. The minimum Gasteiger partial charge on any atom is -0.480 e. The molecule has 15 heavy (non-hydrogen) atoms. The lowest BCUT2D eigenvalue weighted by Gasteiger charge is -2.23. The zero-order valence-corrected chi connectivity index (χ0v) is 8.43. The monoisotopic (exact) mass is 213 g/mol. The molecule has 0 bridgehead atoms. The Bertz CT molecular complexity index is 277. The SMILES string of the molecule is C=CC1CC(=O)N([C@@H](CCO)C(=O)O)C1. The minimum atomic E-state index is -1.07. The Morgan fingerprint density at radius 1 is 1.73 bits per heavy atom. The Morgan fingerprint density at radius 3 is 2.80 bits per heavy atom. The van der Waals surface area contributed by atoms with Gasteiger partial charge in [0.2, 0.25) is 5.91 Å². The van der Waals surface area contributed by atoms with E-state index in [0.717, 1.165) is 0 Å². The third kappa shape index (κ3) is 2.56. The molecule has 1 unspecified atom stereocenters. The fourth-order valence-corrected chi connectivity index (χ4v) is 1.75. The standard InChI is InChI=1S/C10H15NO4/c1-2-7-5-9(13)11(6-7)8(3-4-12)10(14)15/h2,7-8,12H,1,3-6H2,(H,14,15)/t7?,8-/m0/s1. The van der Waals surface area contributed by atoms with Gasteiger partial charge in [0.25, 0.3) is 0 Å². The van der Waals surface area contributed by atoms with E-state index in [4.69, 9.17) is 10.2 Å². The topological polar surface area (TPSA) is 77.8 Å². The maximum Gasteiger partial charge on any atom is 0.326 e. The predicted molar refractivity (Wildman–Crippen MR) is 53.1 cm³/mol. The van der Waals surface area contributed by atoms with Gasteiger partial charge in [0, 0.05) is 31.9 Å². The average Bonchev–Trinajstić information content (AvgIpc) is 2.55. The molecule has 5 heteroatoms. The van der Waals surface area contributed by atoms with Crippen LogP contribution in [0.15, 0.2) is 12.7 Å². The average molecular weight is 213 g/mol. The van der Waals surface area contributed by atoms with Crippen molar-refractivity contribution in [1.82, 2.24) is 4.90 Å². The van der Waals surface area contributed by atoms with Gasteiger partial charge in [-0.3, -0.25) is 4.79 Å². The van der Waals surface area contributed by atoms with E-state index in [0.29, 0.717) is 13.0 Å². The fourth-order valence-electron chi connectivity index (χ4n) is 1.75. The van der Waals surface area contributed by atoms with Gasteiger partial charge in [0.1, 0.15) is 6.04 Å². The molecule has 1 heterocycles. The molecule has 1 amide bonds. The Kier molecular flexibility index (Phi) is 3.85. The first-order chi connectivity index (χ1) is 7.10. The third-order valence-electron chi connectivity index (χ3n) is 2.59. The number of likely N-dealkylation sites (tertiary alicyclic amines) is 1. The molecule has 1 aliphatic heterocycles. The second-order valence-corrected chi connectivity index (χ2v) is 3.61. The molecule has 1 rings (SSSR count). The summed E-state index contributed by atoms with van der Waals surface area (Å²) in [6, 6.07) is -0.910. The van der Waals surface area contributed by atoms with Crippen molar-refractivity contribution in [2.75, 3.05) is 13.2 Å². The van der Waals surface area contributed by atoms with Crippen molar-refractivity contribution in [2.45, 2.75) is 18.9 Å². The van der Waals surface area contributed by atoms with Crippen LogP contribution in [0.3, 0.4) is 0 Å². The Labute approximate surface area is 88.0 Å². The van der Waals surface area contributed by atoms with Crippen LogP contribution in [0.5, 0.6) is 0 Å². The molecule has 0 aromatic heterocycles. The summed E-state index contributed by atoms with van der Waals surface area (Å²) in [5.74, 6) is -1.22. The van der Waals surface area contributed by atoms with Gasteiger partial charge in [0.15, 0.2) is 0 Å². The summed E-state index contributed by atoms with van der Waals surface area (Å²) in [5.41, 5.74) is 0. The van der Waals surface area contributed by atoms with E-state index < -0.39 is 12.0 Å². The molecule has 0 radical (unpaired) electrons. The fraction of sp³-hybridized carbons (Fsp3) is 0.600. The maximum atomic E-state index is 11.5. The van der Waals surface area contributed by atoms with E-state index in [1.165, 1.54) is 4.90 Å². The van der Waals surface area contributed by atoms with Crippen molar-refractivity contribution in [3.8, 4) is 0 Å². The highest BCUT2D eigenvalue weighted by molar-refractivity contribution is 5.85. The number of aliphatic carboxylic acids is 1. The first-order valence-corrected chi connectivity index (χ1v) is 4.85. The summed E-state index contributed by atoms with van der Waals surface area (Å²) in [5, 5.41) is 17.6. The van der Waals surface area contributed by atoms with E-state index in [-0.39, 0.29) is 24.9 Å². The molecule has 2 N–H and O–H groups in total. The van der Waals surface area contributed by atoms with Crippen LogP contribution in [0.1, 0.15) is 12.8 Å². The number of amides is 1. The second kappa shape index (κ2) is 4.93. The van der Waals surface area contributed by atoms with Crippen molar-refractivity contribution in [1.29, 1.82) is 0 Å². The molecule has 0 spiro atoms. The van der Waals surface area contributed by atoms with Crippen molar-refractivity contribution >= 4 is 11.9 Å². The van der Waals surface area contributed by atoms with Crippen molar-refractivity contribution in [3.63, 3.8) is 0 Å². The van der Waals surface area contributed by atoms with E-state index >= 15 is 0 Å². The molecule has 0 aromatic rings. The molecule has 0 saturated carbocycles. The lowest BCUT2D eigenvalue weighted by Crippen LogP contribution is -2.42. The predicted octanol–water partition coefficient (Wildman–Crippen LogP) is -0.144. The lowest BCUT2D eigenvalue weighted by molar-refractivity contribution is -0.148. The summed E-state index contributed by atoms with van der Waals surface area (Å²) in [6.07, 6.45) is 2.05. The number of carboxylic acids is 1. The molecule has 1 fully saturated rings. The molecular weight excluding hydrogens is 198 g/mol. The zero-order chi connectivity index (χ0) is 11.4. The molecule has 5 nitrogen and oxygen atoms in total. The Hall–Kier alpha value is -1.36. The summed E-state index contributed by atoms with van der Waals surface area (Å²) < 4.78 is 0. The van der Waals surface area contributed by atoms with Gasteiger partial charge in [-0.15, -0.1) is 6.58 Å². The number of rotatable bonds is 5. The van der Waals surface area contributed by atoms with E-state index in [2.05, 4.69) is 6.58 Å². The number of aliphatic hydroxyl groups is 1. The van der Waals surface area contributed by atoms with E-state index in [9.17, 15) is 9.59 Å². The van der Waals surface area contributed by atoms with Crippen LogP contribution >= 0.6 is 0 Å². The summed E-state index contributed by atoms with van der Waals surface area (Å²) in [6.45, 7) is 3.74. The lowest BCUT2D eigenvalue weighted by atomic mass is 10.1. The number of carbonyl (C=O) groups excluding carboxylic acids is 1. The summed E-state index contributed by atoms with van der Waals surface area (Å²) in [4.78, 5) is 23.7. The van der Waals surface area contributed by atoms with E-state index in [1.807, 2.05) is 0 Å². The quantitative estimate of drug-likeness (QED) is 0.623. The van der Waals surface area contributed by atoms with Crippen molar-refractivity contribution in [3.05, 3.63) is 12.7 Å². The molecular formula is C10H15NO4. The molecule has 0 aromatic carbocycles. The van der Waals surface area contributed by atoms with Gasteiger partial charge in [-0.1, -0.05) is 6.08 Å². The van der Waals surface area contributed by atoms with Gasteiger partial charge in [-0.05, 0) is 0 Å². The normalized spacial score (nSPS) is 22.9. The highest BCUT2D eigenvalue weighted by Crippen LogP contribution is 2.22. The number of hydrogen-bond donors (Lipinski definition) is 2. The van der Waals surface area contributed by atoms with Crippen LogP contribution in [0.2, 0.25) is 0 Å². The zero-order valence-electron chi connectivity index (χ0n) is 8.43. The first kappa shape index (κ1) is 11.7. The smallest absolute Gasteiger partial charge is 0.326 e. The number of nitrogens with zero attached hydrogens (tertiary/aromatic N) is 1. The van der Waals surface area contributed by atoms with E-state index in [1.54, 1.807) is 6.08 Å². The first-order valence-electron chi connectivity index (χ1n) is 4.85. The van der Waals surface area contributed by atoms with Crippen LogP contribution in [-0.4, -0.2) is 46.2 Å². The Balaban J connectivity index is 2.72. The van der Waals surface area contributed by atoms with Crippen LogP contribution in [0.25, 0.3) is 0 Å². The van der Waals surface area contributed by atoms with Gasteiger partial charge in [0.05, 0.1) is 0 Å². The molecule has 0 aliphatic carbocycles. The van der Waals surface area contributed by atoms with Gasteiger partial charge in [-0.2, -0.15) is 0 Å². The largest absolute Gasteiger partial charge is 0.480 e. The number of hydrogen-bond acceptors (Lipinski definition) is 3. The van der Waals surface area contributed by atoms with Gasteiger partial charge < -0.3 is 15.1 Å². The molecule has 1 aliphatic rings.